The molecule has 1 unspecified atom stereocenters. The Hall–Kier alpha value is -2.01. The largest absolute Gasteiger partial charge is 0.370 e. The Morgan fingerprint density at radius 2 is 1.88 bits per heavy atom. The number of hydrogen-bond acceptors (Lipinski definition) is 5. The van der Waals surface area contributed by atoms with Gasteiger partial charge in [-0.05, 0) is 6.92 Å². The quantitative estimate of drug-likeness (QED) is 0.476. The summed E-state index contributed by atoms with van der Waals surface area (Å²) in [5.41, 5.74) is -2.08. The molecule has 0 aromatic heterocycles. The van der Waals surface area contributed by atoms with Gasteiger partial charge < -0.3 is 10.6 Å². The van der Waals surface area contributed by atoms with Crippen LogP contribution in [0.3, 0.4) is 0 Å². The smallest absolute Gasteiger partial charge is 0.308 e. The maximum Gasteiger partial charge on any atom is 0.370 e. The predicted molar refractivity (Wildman–Crippen MR) is 51.3 cm³/mol. The molecule has 0 aliphatic carbocycles. The summed E-state index contributed by atoms with van der Waals surface area (Å²) in [4.78, 5) is 37.2. The van der Waals surface area contributed by atoms with Crippen LogP contribution in [-0.2, 0) is 15.1 Å². The van der Waals surface area contributed by atoms with Crippen LogP contribution in [0.15, 0.2) is 4.99 Å². The van der Waals surface area contributed by atoms with Gasteiger partial charge >= 0.3 is 22.4 Å². The lowest BCUT2D eigenvalue weighted by molar-refractivity contribution is -0.119. The molecule has 5 amide bonds. The monoisotopic (exact) mass is 262 g/mol. The number of carbonyl (C=O) groups excluding carboxylic acids is 3. The van der Waals surface area contributed by atoms with E-state index in [2.05, 4.69) is 10.3 Å². The molecular weight excluding hydrogens is 256 g/mol. The van der Waals surface area contributed by atoms with Gasteiger partial charge in [0.25, 0.3) is 5.91 Å². The zero-order valence-electron chi connectivity index (χ0n) is 8.29. The Bertz CT molecular complexity index is 579. The van der Waals surface area contributed by atoms with E-state index in [0.29, 0.717) is 0 Å². The van der Waals surface area contributed by atoms with Crippen molar-refractivity contribution in [2.24, 2.45) is 4.99 Å². The van der Waals surface area contributed by atoms with Gasteiger partial charge in [0.15, 0.2) is 11.4 Å². The lowest BCUT2D eigenvalue weighted by atomic mass is 10.1. The Morgan fingerprint density at radius 3 is 2.41 bits per heavy atom. The van der Waals surface area contributed by atoms with Gasteiger partial charge in [-0.15, -0.1) is 4.31 Å². The Balaban J connectivity index is 2.54. The van der Waals surface area contributed by atoms with E-state index in [0.717, 1.165) is 0 Å². The molecule has 0 spiro atoms. The number of nitrogens with zero attached hydrogens (tertiary/aromatic N) is 2. The summed E-state index contributed by atoms with van der Waals surface area (Å²) < 4.78 is 29.9. The second-order valence-corrected chi connectivity index (χ2v) is 4.75. The lowest BCUT2D eigenvalue weighted by Gasteiger charge is -2.34. The standard InChI is InChI=1S/C6H6N4O6S/c1-6-2(7-4(12)8-6)3(11)10(5(13)9-6)17(14,15)16/h1H3,(H,8,12)(H,9,13)(H,14,15,16). The first kappa shape index (κ1) is 11.5. The van der Waals surface area contributed by atoms with Crippen LogP contribution in [0, 0.1) is 0 Å². The first-order chi connectivity index (χ1) is 7.65. The number of amides is 5. The van der Waals surface area contributed by atoms with Crippen LogP contribution in [0.2, 0.25) is 0 Å². The number of urea groups is 2. The molecule has 10 nitrogen and oxygen atoms in total. The van der Waals surface area contributed by atoms with Crippen molar-refractivity contribution in [2.75, 3.05) is 0 Å². The zero-order chi connectivity index (χ0) is 13.0. The van der Waals surface area contributed by atoms with E-state index in [1.807, 2.05) is 5.32 Å². The van der Waals surface area contributed by atoms with Gasteiger partial charge in [0.1, 0.15) is 0 Å². The van der Waals surface area contributed by atoms with Crippen LogP contribution in [0.1, 0.15) is 6.92 Å². The highest BCUT2D eigenvalue weighted by Gasteiger charge is 2.54. The summed E-state index contributed by atoms with van der Waals surface area (Å²) in [6.07, 6.45) is 0. The van der Waals surface area contributed by atoms with Crippen LogP contribution in [0.25, 0.3) is 0 Å². The molecule has 1 saturated heterocycles. The normalized spacial score (nSPS) is 28.5. The summed E-state index contributed by atoms with van der Waals surface area (Å²) in [6.45, 7) is 1.26. The Labute approximate surface area is 94.6 Å². The first-order valence-corrected chi connectivity index (χ1v) is 5.60. The highest BCUT2D eigenvalue weighted by Crippen LogP contribution is 2.20. The van der Waals surface area contributed by atoms with Gasteiger partial charge in [0.05, 0.1) is 0 Å². The number of nitrogens with one attached hydrogen (secondary N) is 2. The topological polar surface area (TPSA) is 145 Å². The van der Waals surface area contributed by atoms with Crippen molar-refractivity contribution >= 4 is 34.0 Å². The highest BCUT2D eigenvalue weighted by molar-refractivity contribution is 7.84. The molecule has 17 heavy (non-hydrogen) atoms. The van der Waals surface area contributed by atoms with E-state index >= 15 is 0 Å². The second kappa shape index (κ2) is 3.01. The number of imide groups is 1. The van der Waals surface area contributed by atoms with Crippen molar-refractivity contribution in [3.05, 3.63) is 0 Å². The molecule has 11 heteroatoms. The molecule has 3 N–H and O–H groups in total. The van der Waals surface area contributed by atoms with Crippen LogP contribution in [0.4, 0.5) is 9.59 Å². The molecule has 0 bridgehead atoms. The van der Waals surface area contributed by atoms with Crippen LogP contribution in [-0.4, -0.2) is 46.6 Å². The third kappa shape index (κ3) is 1.55. The summed E-state index contributed by atoms with van der Waals surface area (Å²) >= 11 is 0. The van der Waals surface area contributed by atoms with Crippen molar-refractivity contribution in [3.63, 3.8) is 0 Å². The molecule has 2 heterocycles. The SMILES string of the molecule is CC12NC(=O)N=C1C(=O)N(S(=O)(=O)O)C(=O)N2. The van der Waals surface area contributed by atoms with Gasteiger partial charge in [0, 0.05) is 0 Å². The van der Waals surface area contributed by atoms with Gasteiger partial charge in [-0.25, -0.2) is 9.59 Å². The minimum atomic E-state index is -5.06. The van der Waals surface area contributed by atoms with Crippen molar-refractivity contribution in [3.8, 4) is 0 Å². The third-order valence-corrected chi connectivity index (χ3v) is 3.00. The molecule has 0 radical (unpaired) electrons. The van der Waals surface area contributed by atoms with Gasteiger partial charge in [0.2, 0.25) is 0 Å². The van der Waals surface area contributed by atoms with E-state index < -0.39 is 44.0 Å². The molecule has 2 rings (SSSR count). The van der Waals surface area contributed by atoms with Crippen molar-refractivity contribution in [1.82, 2.24) is 14.9 Å². The van der Waals surface area contributed by atoms with Crippen LogP contribution in [0.5, 0.6) is 0 Å². The number of rotatable bonds is 1. The number of hydrogen-bond donors (Lipinski definition) is 3. The Morgan fingerprint density at radius 1 is 1.29 bits per heavy atom. The number of aliphatic imine (C=N–C) groups is 1. The second-order valence-electron chi connectivity index (χ2n) is 3.49. The fourth-order valence-electron chi connectivity index (χ4n) is 1.53. The number of fused-ring (bicyclic) bond motifs is 1. The maximum atomic E-state index is 11.6. The van der Waals surface area contributed by atoms with Crippen molar-refractivity contribution in [2.45, 2.75) is 12.6 Å². The molecule has 1 fully saturated rings. The molecule has 2 aliphatic heterocycles. The molecule has 1 atom stereocenters. The van der Waals surface area contributed by atoms with Gasteiger partial charge in [-0.2, -0.15) is 13.4 Å². The fraction of sp³-hybridized carbons (Fsp3) is 0.333. The lowest BCUT2D eigenvalue weighted by Crippen LogP contribution is -2.71. The van der Waals surface area contributed by atoms with Crippen LogP contribution >= 0.6 is 0 Å². The summed E-state index contributed by atoms with van der Waals surface area (Å²) in [6, 6.07) is -2.27. The molecular formula is C6H6N4O6S. The average Bonchev–Trinajstić information content (AvgIpc) is 2.37. The highest BCUT2D eigenvalue weighted by atomic mass is 32.2. The minimum Gasteiger partial charge on any atom is -0.308 e. The van der Waals surface area contributed by atoms with Gasteiger partial charge in [-0.3, -0.25) is 9.35 Å². The Kier molecular flexibility index (Phi) is 2.03. The fourth-order valence-corrected chi connectivity index (χ4v) is 2.08. The average molecular weight is 262 g/mol. The van der Waals surface area contributed by atoms with E-state index in [4.69, 9.17) is 4.55 Å². The molecule has 2 aliphatic rings. The van der Waals surface area contributed by atoms with E-state index in [9.17, 15) is 22.8 Å². The molecule has 92 valence electrons. The third-order valence-electron chi connectivity index (χ3n) is 2.20. The summed E-state index contributed by atoms with van der Waals surface area (Å²) in [7, 11) is -5.06. The predicted octanol–water partition coefficient (Wildman–Crippen LogP) is -1.78. The van der Waals surface area contributed by atoms with Crippen molar-refractivity contribution in [1.29, 1.82) is 0 Å². The zero-order valence-corrected chi connectivity index (χ0v) is 9.11. The number of carbonyl (C=O) groups is 3. The summed E-state index contributed by atoms with van der Waals surface area (Å²) in [5, 5.41) is 4.20. The van der Waals surface area contributed by atoms with E-state index in [1.165, 1.54) is 6.92 Å². The molecule has 0 aromatic carbocycles. The molecule has 0 saturated carbocycles. The van der Waals surface area contributed by atoms with Crippen molar-refractivity contribution < 1.29 is 27.4 Å². The van der Waals surface area contributed by atoms with Crippen LogP contribution < -0.4 is 10.6 Å². The van der Waals surface area contributed by atoms with E-state index in [-0.39, 0.29) is 0 Å². The van der Waals surface area contributed by atoms with E-state index in [1.54, 1.807) is 0 Å². The maximum absolute atomic E-state index is 11.6. The van der Waals surface area contributed by atoms with Gasteiger partial charge in [-0.1, -0.05) is 0 Å². The molecule has 0 aromatic rings. The first-order valence-electron chi connectivity index (χ1n) is 4.21. The minimum absolute atomic E-state index is 0.409. The summed E-state index contributed by atoms with van der Waals surface area (Å²) in [5.74, 6) is -1.38.